The standard InChI is InChI=1S/C14H18N2OS/c1-4-14(3,8-15)16-13(17)11-7-10(11)12-6-5-9(2)18-12/h5-6,10-11H,4,7H2,1-3H3,(H,16,17). The second kappa shape index (κ2) is 4.74. The van der Waals surface area contributed by atoms with Crippen LogP contribution in [-0.2, 0) is 4.79 Å². The second-order valence-corrected chi connectivity index (χ2v) is 6.50. The smallest absolute Gasteiger partial charge is 0.225 e. The molecule has 1 aromatic rings. The van der Waals surface area contributed by atoms with Gasteiger partial charge < -0.3 is 5.32 Å². The summed E-state index contributed by atoms with van der Waals surface area (Å²) >= 11 is 1.76. The molecule has 0 spiro atoms. The van der Waals surface area contributed by atoms with E-state index in [2.05, 4.69) is 30.4 Å². The number of hydrogen-bond acceptors (Lipinski definition) is 3. The summed E-state index contributed by atoms with van der Waals surface area (Å²) in [5.74, 6) is 0.447. The van der Waals surface area contributed by atoms with Crippen molar-refractivity contribution in [3.8, 4) is 6.07 Å². The molecule has 96 valence electrons. The Bertz CT molecular complexity index is 502. The lowest BCUT2D eigenvalue weighted by atomic mass is 10.0. The van der Waals surface area contributed by atoms with E-state index in [1.54, 1.807) is 18.3 Å². The quantitative estimate of drug-likeness (QED) is 0.907. The molecular formula is C14H18N2OS. The minimum Gasteiger partial charge on any atom is -0.338 e. The summed E-state index contributed by atoms with van der Waals surface area (Å²) in [4.78, 5) is 14.6. The summed E-state index contributed by atoms with van der Waals surface area (Å²) in [7, 11) is 0. The van der Waals surface area contributed by atoms with Crippen LogP contribution in [0.5, 0.6) is 0 Å². The van der Waals surface area contributed by atoms with E-state index >= 15 is 0 Å². The summed E-state index contributed by atoms with van der Waals surface area (Å²) in [6, 6.07) is 6.38. The molecule has 0 aromatic carbocycles. The van der Waals surface area contributed by atoms with Crippen molar-refractivity contribution in [3.63, 3.8) is 0 Å². The molecule has 1 N–H and O–H groups in total. The van der Waals surface area contributed by atoms with Gasteiger partial charge in [-0.15, -0.1) is 11.3 Å². The number of nitrogens with zero attached hydrogens (tertiary/aromatic N) is 1. The minimum absolute atomic E-state index is 0.0250. The molecule has 3 nitrogen and oxygen atoms in total. The normalized spacial score (nSPS) is 25.0. The number of nitriles is 1. The summed E-state index contributed by atoms with van der Waals surface area (Å²) in [6.45, 7) is 5.77. The molecule has 1 aliphatic rings. The minimum atomic E-state index is -0.727. The highest BCUT2D eigenvalue weighted by atomic mass is 32.1. The molecule has 3 atom stereocenters. The summed E-state index contributed by atoms with van der Waals surface area (Å²) in [5.41, 5.74) is -0.727. The van der Waals surface area contributed by atoms with Crippen LogP contribution in [-0.4, -0.2) is 11.4 Å². The third kappa shape index (κ3) is 2.56. The van der Waals surface area contributed by atoms with E-state index in [-0.39, 0.29) is 11.8 Å². The lowest BCUT2D eigenvalue weighted by Crippen LogP contribution is -2.45. The van der Waals surface area contributed by atoms with Crippen molar-refractivity contribution in [2.75, 3.05) is 0 Å². The molecule has 3 unspecified atom stereocenters. The van der Waals surface area contributed by atoms with Gasteiger partial charge in [0.25, 0.3) is 0 Å². The molecule has 1 aromatic heterocycles. The Hall–Kier alpha value is -1.34. The van der Waals surface area contributed by atoms with Crippen molar-refractivity contribution in [2.24, 2.45) is 5.92 Å². The summed E-state index contributed by atoms with van der Waals surface area (Å²) in [5, 5.41) is 11.9. The van der Waals surface area contributed by atoms with Crippen LogP contribution in [0.2, 0.25) is 0 Å². The molecule has 1 heterocycles. The lowest BCUT2D eigenvalue weighted by molar-refractivity contribution is -0.123. The number of nitrogens with one attached hydrogen (secondary N) is 1. The first-order valence-corrected chi connectivity index (χ1v) is 7.10. The van der Waals surface area contributed by atoms with Gasteiger partial charge in [-0.3, -0.25) is 4.79 Å². The van der Waals surface area contributed by atoms with Gasteiger partial charge in [-0.05, 0) is 38.8 Å². The zero-order valence-electron chi connectivity index (χ0n) is 11.0. The first kappa shape index (κ1) is 13.1. The van der Waals surface area contributed by atoms with Gasteiger partial charge in [0.05, 0.1) is 6.07 Å². The van der Waals surface area contributed by atoms with E-state index in [0.29, 0.717) is 12.3 Å². The molecule has 1 aliphatic carbocycles. The number of rotatable bonds is 4. The average molecular weight is 262 g/mol. The molecule has 0 aliphatic heterocycles. The van der Waals surface area contributed by atoms with E-state index in [4.69, 9.17) is 5.26 Å². The first-order valence-electron chi connectivity index (χ1n) is 6.28. The molecule has 1 saturated carbocycles. The van der Waals surface area contributed by atoms with Crippen LogP contribution >= 0.6 is 11.3 Å². The highest BCUT2D eigenvalue weighted by molar-refractivity contribution is 7.12. The van der Waals surface area contributed by atoms with Gasteiger partial charge in [0.15, 0.2) is 0 Å². The average Bonchev–Trinajstić information content (AvgIpc) is 3.05. The number of amides is 1. The number of carbonyl (C=O) groups is 1. The molecule has 18 heavy (non-hydrogen) atoms. The molecule has 1 amide bonds. The van der Waals surface area contributed by atoms with Crippen LogP contribution in [0.3, 0.4) is 0 Å². The fourth-order valence-corrected chi connectivity index (χ4v) is 3.07. The van der Waals surface area contributed by atoms with Crippen LogP contribution in [0, 0.1) is 24.2 Å². The van der Waals surface area contributed by atoms with Crippen molar-refractivity contribution in [1.29, 1.82) is 5.26 Å². The Morgan fingerprint density at radius 3 is 2.89 bits per heavy atom. The zero-order chi connectivity index (χ0) is 13.3. The zero-order valence-corrected chi connectivity index (χ0v) is 11.8. The van der Waals surface area contributed by atoms with E-state index < -0.39 is 5.54 Å². The van der Waals surface area contributed by atoms with Crippen LogP contribution in [0.4, 0.5) is 0 Å². The highest BCUT2D eigenvalue weighted by Gasteiger charge is 2.46. The maximum absolute atomic E-state index is 12.1. The Kier molecular flexibility index (Phi) is 3.45. The number of hydrogen-bond donors (Lipinski definition) is 1. The van der Waals surface area contributed by atoms with Crippen LogP contribution in [0.15, 0.2) is 12.1 Å². The summed E-state index contributed by atoms with van der Waals surface area (Å²) in [6.07, 6.45) is 1.54. The van der Waals surface area contributed by atoms with Gasteiger partial charge in [-0.1, -0.05) is 6.92 Å². The fourth-order valence-electron chi connectivity index (χ4n) is 2.01. The van der Waals surface area contributed by atoms with Gasteiger partial charge in [0.1, 0.15) is 5.54 Å². The summed E-state index contributed by atoms with van der Waals surface area (Å²) < 4.78 is 0. The van der Waals surface area contributed by atoms with Crippen LogP contribution < -0.4 is 5.32 Å². The molecule has 0 bridgehead atoms. The predicted molar refractivity (Wildman–Crippen MR) is 72.4 cm³/mol. The molecule has 1 fully saturated rings. The van der Waals surface area contributed by atoms with E-state index in [0.717, 1.165) is 6.42 Å². The van der Waals surface area contributed by atoms with E-state index in [9.17, 15) is 4.79 Å². The number of thiophene rings is 1. The second-order valence-electron chi connectivity index (χ2n) is 5.18. The molecular weight excluding hydrogens is 244 g/mol. The molecule has 0 radical (unpaired) electrons. The molecule has 2 rings (SSSR count). The van der Waals surface area contributed by atoms with Crippen molar-refractivity contribution in [3.05, 3.63) is 21.9 Å². The van der Waals surface area contributed by atoms with Gasteiger partial charge >= 0.3 is 0 Å². The monoisotopic (exact) mass is 262 g/mol. The maximum Gasteiger partial charge on any atom is 0.225 e. The number of aryl methyl sites for hydroxylation is 1. The number of carbonyl (C=O) groups excluding carboxylic acids is 1. The van der Waals surface area contributed by atoms with Crippen LogP contribution in [0.1, 0.15) is 42.4 Å². The Balaban J connectivity index is 1.96. The Morgan fingerprint density at radius 1 is 1.67 bits per heavy atom. The third-order valence-corrected chi connectivity index (χ3v) is 4.74. The predicted octanol–water partition coefficient (Wildman–Crippen LogP) is 2.97. The largest absolute Gasteiger partial charge is 0.338 e. The van der Waals surface area contributed by atoms with Gasteiger partial charge in [0, 0.05) is 21.6 Å². The van der Waals surface area contributed by atoms with Gasteiger partial charge in [0.2, 0.25) is 5.91 Å². The first-order chi connectivity index (χ1) is 8.49. The SMILES string of the molecule is CCC(C)(C#N)NC(=O)C1CC1c1ccc(C)s1. The lowest BCUT2D eigenvalue weighted by Gasteiger charge is -2.21. The molecule has 4 heteroatoms. The third-order valence-electron chi connectivity index (χ3n) is 3.61. The fraction of sp³-hybridized carbons (Fsp3) is 0.571. The van der Waals surface area contributed by atoms with E-state index in [1.165, 1.54) is 9.75 Å². The Labute approximate surface area is 112 Å². The molecule has 0 saturated heterocycles. The van der Waals surface area contributed by atoms with Crippen molar-refractivity contribution in [1.82, 2.24) is 5.32 Å². The maximum atomic E-state index is 12.1. The Morgan fingerprint density at radius 2 is 2.39 bits per heavy atom. The topological polar surface area (TPSA) is 52.9 Å². The highest BCUT2D eigenvalue weighted by Crippen LogP contribution is 2.49. The van der Waals surface area contributed by atoms with E-state index in [1.807, 2.05) is 6.92 Å². The van der Waals surface area contributed by atoms with Crippen LogP contribution in [0.25, 0.3) is 0 Å². The van der Waals surface area contributed by atoms with Crippen molar-refractivity contribution >= 4 is 17.2 Å². The van der Waals surface area contributed by atoms with Gasteiger partial charge in [-0.25, -0.2) is 0 Å². The van der Waals surface area contributed by atoms with Crippen molar-refractivity contribution in [2.45, 2.75) is 45.1 Å². The van der Waals surface area contributed by atoms with Gasteiger partial charge in [-0.2, -0.15) is 5.26 Å². The van der Waals surface area contributed by atoms with Crippen molar-refractivity contribution < 1.29 is 4.79 Å².